The predicted octanol–water partition coefficient (Wildman–Crippen LogP) is 3.45. The summed E-state index contributed by atoms with van der Waals surface area (Å²) in [6.07, 6.45) is 5.57. The normalized spacial score (nSPS) is 17.9. The molecule has 2 rings (SSSR count). The van der Waals surface area contributed by atoms with Gasteiger partial charge in [0.05, 0.1) is 0 Å². The number of rotatable bonds is 4. The van der Waals surface area contributed by atoms with Gasteiger partial charge in [-0.1, -0.05) is 61.4 Å². The first-order chi connectivity index (χ1) is 9.18. The van der Waals surface area contributed by atoms with Crippen LogP contribution >= 0.6 is 11.8 Å². The molecular formula is C15H18O3S. The predicted molar refractivity (Wildman–Crippen MR) is 76.3 cm³/mol. The second kappa shape index (κ2) is 6.75. The van der Waals surface area contributed by atoms with Gasteiger partial charge in [-0.05, 0) is 18.4 Å². The first-order valence-electron chi connectivity index (χ1n) is 6.66. The molecule has 0 aliphatic heterocycles. The van der Waals surface area contributed by atoms with E-state index in [1.807, 2.05) is 6.07 Å². The molecule has 1 aromatic carbocycles. The highest BCUT2D eigenvalue weighted by molar-refractivity contribution is 8.14. The van der Waals surface area contributed by atoms with Crippen LogP contribution in [0.5, 0.6) is 0 Å². The fourth-order valence-corrected chi connectivity index (χ4v) is 3.71. The summed E-state index contributed by atoms with van der Waals surface area (Å²) in [4.78, 5) is 23.6. The lowest BCUT2D eigenvalue weighted by molar-refractivity contribution is -0.140. The molecule has 4 heteroatoms. The number of benzene rings is 1. The molecule has 1 fully saturated rings. The molecule has 3 nitrogen and oxygen atoms in total. The van der Waals surface area contributed by atoms with Crippen LogP contribution in [-0.4, -0.2) is 21.4 Å². The summed E-state index contributed by atoms with van der Waals surface area (Å²) in [6.45, 7) is 0. The van der Waals surface area contributed by atoms with Gasteiger partial charge < -0.3 is 5.11 Å². The van der Waals surface area contributed by atoms with Gasteiger partial charge in [0.2, 0.25) is 5.12 Å². The van der Waals surface area contributed by atoms with Crippen molar-refractivity contribution in [3.63, 3.8) is 0 Å². The van der Waals surface area contributed by atoms with Crippen molar-refractivity contribution in [2.75, 3.05) is 0 Å². The van der Waals surface area contributed by atoms with Gasteiger partial charge in [0.1, 0.15) is 0 Å². The van der Waals surface area contributed by atoms with Crippen molar-refractivity contribution in [1.82, 2.24) is 0 Å². The van der Waals surface area contributed by atoms with Crippen LogP contribution in [0.15, 0.2) is 30.3 Å². The molecule has 0 spiro atoms. The van der Waals surface area contributed by atoms with Gasteiger partial charge in [0.15, 0.2) is 5.92 Å². The van der Waals surface area contributed by atoms with E-state index in [1.165, 1.54) is 18.2 Å². The Balaban J connectivity index is 2.06. The Bertz CT molecular complexity index is 438. The summed E-state index contributed by atoms with van der Waals surface area (Å²) in [7, 11) is 0. The van der Waals surface area contributed by atoms with Gasteiger partial charge in [-0.25, -0.2) is 0 Å². The second-order valence-electron chi connectivity index (χ2n) is 4.88. The quantitative estimate of drug-likeness (QED) is 0.857. The fourth-order valence-electron chi connectivity index (χ4n) is 2.44. The molecule has 1 aliphatic carbocycles. The lowest BCUT2D eigenvalue weighted by Gasteiger charge is -2.21. The lowest BCUT2D eigenvalue weighted by atomic mass is 10.0. The summed E-state index contributed by atoms with van der Waals surface area (Å²) >= 11 is 1.23. The smallest absolute Gasteiger partial charge is 0.319 e. The van der Waals surface area contributed by atoms with E-state index >= 15 is 0 Å². The first-order valence-corrected chi connectivity index (χ1v) is 7.54. The topological polar surface area (TPSA) is 54.4 Å². The second-order valence-corrected chi connectivity index (χ2v) is 6.18. The number of hydrogen-bond donors (Lipinski definition) is 1. The highest BCUT2D eigenvalue weighted by Crippen LogP contribution is 2.33. The average molecular weight is 278 g/mol. The number of hydrogen-bond acceptors (Lipinski definition) is 3. The summed E-state index contributed by atoms with van der Waals surface area (Å²) in [5.74, 6) is -2.09. The van der Waals surface area contributed by atoms with Crippen molar-refractivity contribution in [2.45, 2.75) is 43.3 Å². The number of thioether (sulfide) groups is 1. The van der Waals surface area contributed by atoms with Crippen LogP contribution < -0.4 is 0 Å². The molecule has 19 heavy (non-hydrogen) atoms. The molecule has 1 aromatic rings. The maximum atomic E-state index is 12.2. The third kappa shape index (κ3) is 3.83. The molecule has 1 N–H and O–H groups in total. The Hall–Kier alpha value is -1.29. The molecule has 0 heterocycles. The number of aliphatic carboxylic acids is 1. The van der Waals surface area contributed by atoms with Crippen molar-refractivity contribution in [1.29, 1.82) is 0 Å². The fraction of sp³-hybridized carbons (Fsp3) is 0.467. The van der Waals surface area contributed by atoms with E-state index in [2.05, 4.69) is 0 Å². The van der Waals surface area contributed by atoms with Gasteiger partial charge in [0, 0.05) is 5.25 Å². The van der Waals surface area contributed by atoms with Crippen LogP contribution in [0.1, 0.15) is 43.6 Å². The SMILES string of the molecule is O=C(O)C(C(=O)SC1CCCCC1)c1ccccc1. The maximum absolute atomic E-state index is 12.2. The Morgan fingerprint density at radius 1 is 1.11 bits per heavy atom. The minimum absolute atomic E-state index is 0.231. The Morgan fingerprint density at radius 2 is 1.74 bits per heavy atom. The van der Waals surface area contributed by atoms with Gasteiger partial charge in [-0.2, -0.15) is 0 Å². The highest BCUT2D eigenvalue weighted by Gasteiger charge is 2.30. The summed E-state index contributed by atoms with van der Waals surface area (Å²) in [5, 5.41) is 9.36. The van der Waals surface area contributed by atoms with Crippen LogP contribution in [-0.2, 0) is 9.59 Å². The maximum Gasteiger partial charge on any atom is 0.319 e. The van der Waals surface area contributed by atoms with Crippen LogP contribution in [0.3, 0.4) is 0 Å². The number of carboxylic acid groups (broad SMARTS) is 1. The Labute approximate surface area is 117 Å². The van der Waals surface area contributed by atoms with Crippen LogP contribution in [0.4, 0.5) is 0 Å². The van der Waals surface area contributed by atoms with Crippen LogP contribution in [0.2, 0.25) is 0 Å². The number of carbonyl (C=O) groups excluding carboxylic acids is 1. The zero-order chi connectivity index (χ0) is 13.7. The van der Waals surface area contributed by atoms with E-state index in [0.29, 0.717) is 10.8 Å². The lowest BCUT2D eigenvalue weighted by Crippen LogP contribution is -2.22. The zero-order valence-corrected chi connectivity index (χ0v) is 11.6. The molecular weight excluding hydrogens is 260 g/mol. The summed E-state index contributed by atoms with van der Waals surface area (Å²) < 4.78 is 0. The van der Waals surface area contributed by atoms with E-state index in [1.54, 1.807) is 24.3 Å². The molecule has 1 unspecified atom stereocenters. The van der Waals surface area contributed by atoms with Crippen molar-refractivity contribution >= 4 is 22.8 Å². The van der Waals surface area contributed by atoms with Crippen LogP contribution in [0.25, 0.3) is 0 Å². The first kappa shape index (κ1) is 14.1. The minimum atomic E-state index is -1.06. The van der Waals surface area contributed by atoms with E-state index in [9.17, 15) is 14.7 Å². The molecule has 0 saturated heterocycles. The van der Waals surface area contributed by atoms with Gasteiger partial charge in [-0.3, -0.25) is 9.59 Å². The molecule has 0 radical (unpaired) electrons. The van der Waals surface area contributed by atoms with Crippen molar-refractivity contribution in [3.05, 3.63) is 35.9 Å². The van der Waals surface area contributed by atoms with Gasteiger partial charge >= 0.3 is 5.97 Å². The van der Waals surface area contributed by atoms with E-state index in [-0.39, 0.29) is 5.12 Å². The molecule has 0 amide bonds. The highest BCUT2D eigenvalue weighted by atomic mass is 32.2. The largest absolute Gasteiger partial charge is 0.480 e. The van der Waals surface area contributed by atoms with Crippen molar-refractivity contribution < 1.29 is 14.7 Å². The van der Waals surface area contributed by atoms with Gasteiger partial charge in [0.25, 0.3) is 0 Å². The average Bonchev–Trinajstić information content (AvgIpc) is 2.40. The van der Waals surface area contributed by atoms with E-state index in [0.717, 1.165) is 25.7 Å². The van der Waals surface area contributed by atoms with E-state index < -0.39 is 11.9 Å². The standard InChI is InChI=1S/C15H18O3S/c16-14(17)13(11-7-3-1-4-8-11)15(18)19-12-9-5-2-6-10-12/h1,3-4,7-8,12-13H,2,5-6,9-10H2,(H,16,17). The third-order valence-electron chi connectivity index (χ3n) is 3.45. The summed E-state index contributed by atoms with van der Waals surface area (Å²) in [6, 6.07) is 8.77. The number of carboxylic acids is 1. The van der Waals surface area contributed by atoms with Crippen molar-refractivity contribution in [2.24, 2.45) is 0 Å². The Kier molecular flexibility index (Phi) is 5.02. The third-order valence-corrected chi connectivity index (χ3v) is 4.72. The molecule has 1 atom stereocenters. The van der Waals surface area contributed by atoms with E-state index in [4.69, 9.17) is 0 Å². The molecule has 0 bridgehead atoms. The van der Waals surface area contributed by atoms with Gasteiger partial charge in [-0.15, -0.1) is 0 Å². The van der Waals surface area contributed by atoms with Crippen LogP contribution in [0, 0.1) is 0 Å². The molecule has 1 aliphatic rings. The summed E-state index contributed by atoms with van der Waals surface area (Å²) in [5.41, 5.74) is 0.573. The monoisotopic (exact) mass is 278 g/mol. The zero-order valence-electron chi connectivity index (χ0n) is 10.7. The molecule has 102 valence electrons. The van der Waals surface area contributed by atoms with Crippen molar-refractivity contribution in [3.8, 4) is 0 Å². The minimum Gasteiger partial charge on any atom is -0.480 e. The molecule has 1 saturated carbocycles. The molecule has 0 aromatic heterocycles. The Morgan fingerprint density at radius 3 is 2.32 bits per heavy atom. The number of carbonyl (C=O) groups is 2.